The number of carboxylic acid groups (broad SMARTS) is 1. The first kappa shape index (κ1) is 43.0. The highest BCUT2D eigenvalue weighted by Crippen LogP contribution is 2.39. The number of carboxylic acids is 1. The van der Waals surface area contributed by atoms with Crippen molar-refractivity contribution in [1.82, 2.24) is 15.1 Å². The molecule has 1 aromatic heterocycles. The van der Waals surface area contributed by atoms with Gasteiger partial charge in [-0.05, 0) is 62.8 Å². The summed E-state index contributed by atoms with van der Waals surface area (Å²) in [7, 11) is 3.28. The standard InChI is InChI=1S/C35H57BF2N6O7S/c1-7-8-13-28-23-29(43-32(28)24-31-27(14-12-21-44(4,5)6)22-26(2)42(31)36(43,37)38)16-17-33(45)40-30(25-52(49,50)51)35(48)39-18-20-41(3)19-11-9-10-15-34(46)47/h22-24,30H,7-21,25H2,1-6H3,(H3-,39,40,45,46,47,48,49,50,51)/p+1. The van der Waals surface area contributed by atoms with E-state index in [1.807, 2.05) is 26.1 Å². The molecule has 2 aliphatic heterocycles. The number of halogens is 2. The molecule has 13 nitrogen and oxygen atoms in total. The summed E-state index contributed by atoms with van der Waals surface area (Å²) in [5.74, 6) is -3.57. The van der Waals surface area contributed by atoms with Crippen molar-refractivity contribution in [1.29, 1.82) is 0 Å². The average molecular weight is 756 g/mol. The number of unbranched alkanes of at least 4 members (excludes halogenated alkanes) is 3. The van der Waals surface area contributed by atoms with Crippen LogP contribution in [0.3, 0.4) is 0 Å². The second-order valence-electron chi connectivity index (χ2n) is 15.2. The Morgan fingerprint density at radius 1 is 1.04 bits per heavy atom. The summed E-state index contributed by atoms with van der Waals surface area (Å²) in [6, 6.07) is 0.189. The molecule has 0 bridgehead atoms. The van der Waals surface area contributed by atoms with Crippen LogP contribution in [0.15, 0.2) is 23.4 Å². The van der Waals surface area contributed by atoms with Crippen LogP contribution in [-0.4, -0.2) is 128 Å². The fourth-order valence-corrected chi connectivity index (χ4v) is 7.51. The zero-order chi connectivity index (χ0) is 38.9. The number of nitrogens with zero attached hydrogens (tertiary/aromatic N) is 3. The van der Waals surface area contributed by atoms with Crippen molar-refractivity contribution >= 4 is 46.7 Å². The number of hydrogen-bond donors (Lipinski definition) is 4. The zero-order valence-corrected chi connectivity index (χ0v) is 32.4. The molecule has 2 amide bonds. The van der Waals surface area contributed by atoms with Crippen LogP contribution in [-0.2, 0) is 30.9 Å². The van der Waals surface area contributed by atoms with Crippen molar-refractivity contribution in [2.24, 2.45) is 0 Å². The number of carbonyl (C=O) groups excluding carboxylic acids is 2. The second-order valence-corrected chi connectivity index (χ2v) is 16.7. The first-order valence-corrected chi connectivity index (χ1v) is 20.0. The van der Waals surface area contributed by atoms with E-state index in [4.69, 9.17) is 5.11 Å². The molecule has 0 radical (unpaired) electrons. The van der Waals surface area contributed by atoms with Crippen LogP contribution in [0.1, 0.15) is 88.1 Å². The number of quaternary nitrogens is 2. The van der Waals surface area contributed by atoms with Crippen molar-refractivity contribution in [3.8, 4) is 0 Å². The Bertz CT molecular complexity index is 1670. The minimum absolute atomic E-state index is 0.0960. The lowest BCUT2D eigenvalue weighted by Crippen LogP contribution is -3.09. The number of nitrogens with one attached hydrogen (secondary N) is 3. The van der Waals surface area contributed by atoms with E-state index in [1.165, 1.54) is 0 Å². The molecule has 0 saturated heterocycles. The molecular weight excluding hydrogens is 697 g/mol. The normalized spacial score (nSPS) is 16.5. The zero-order valence-electron chi connectivity index (χ0n) is 31.6. The molecule has 4 N–H and O–H groups in total. The Kier molecular flexibility index (Phi) is 15.4. The molecule has 3 rings (SSSR count). The van der Waals surface area contributed by atoms with Gasteiger partial charge in [-0.2, -0.15) is 0 Å². The number of hydrogen-bond acceptors (Lipinski definition) is 6. The Hall–Kier alpha value is -3.41. The van der Waals surface area contributed by atoms with Crippen LogP contribution in [0.4, 0.5) is 8.63 Å². The summed E-state index contributed by atoms with van der Waals surface area (Å²) in [5, 5.41) is 13.7. The molecule has 0 fully saturated rings. The summed E-state index contributed by atoms with van der Waals surface area (Å²) < 4.78 is 71.0. The Morgan fingerprint density at radius 2 is 1.75 bits per heavy atom. The maximum Gasteiger partial charge on any atom is 0.737 e. The average Bonchev–Trinajstić information content (AvgIpc) is 3.54. The van der Waals surface area contributed by atoms with E-state index in [0.717, 1.165) is 74.7 Å². The molecule has 0 aromatic carbocycles. The predicted octanol–water partition coefficient (Wildman–Crippen LogP) is 1.68. The number of likely N-dealkylation sites (N-methyl/N-ethyl adjacent to an activating group) is 1. The maximum absolute atomic E-state index is 16.6. The van der Waals surface area contributed by atoms with Gasteiger partial charge in [0.15, 0.2) is 5.70 Å². The van der Waals surface area contributed by atoms with Crippen LogP contribution in [0.2, 0.25) is 0 Å². The van der Waals surface area contributed by atoms with Gasteiger partial charge in [-0.15, -0.1) is 0 Å². The van der Waals surface area contributed by atoms with Gasteiger partial charge in [0.1, 0.15) is 11.8 Å². The topological polar surface area (TPSA) is 165 Å². The van der Waals surface area contributed by atoms with E-state index in [1.54, 1.807) is 13.0 Å². The third-order valence-electron chi connectivity index (χ3n) is 9.54. The number of allylic oxidation sites excluding steroid dienone is 2. The molecular formula is C35H58BF2N6O7S+. The van der Waals surface area contributed by atoms with Crippen molar-refractivity contribution in [3.63, 3.8) is 0 Å². The fourth-order valence-electron chi connectivity index (χ4n) is 6.87. The molecule has 0 spiro atoms. The van der Waals surface area contributed by atoms with Crippen molar-refractivity contribution in [2.45, 2.75) is 90.5 Å². The molecule has 0 aliphatic carbocycles. The number of aryl methyl sites for hydroxylation is 2. The molecule has 17 heteroatoms. The van der Waals surface area contributed by atoms with Gasteiger partial charge in [-0.3, -0.25) is 14.4 Å². The van der Waals surface area contributed by atoms with E-state index in [0.29, 0.717) is 42.9 Å². The first-order valence-electron chi connectivity index (χ1n) is 18.4. The predicted molar refractivity (Wildman–Crippen MR) is 196 cm³/mol. The number of rotatable bonds is 23. The van der Waals surface area contributed by atoms with E-state index in [9.17, 15) is 27.4 Å². The van der Waals surface area contributed by atoms with Gasteiger partial charge in [0, 0.05) is 49.1 Å². The lowest BCUT2D eigenvalue weighted by atomic mass is 9.88. The van der Waals surface area contributed by atoms with Crippen molar-refractivity contribution in [2.75, 3.05) is 60.1 Å². The Balaban J connectivity index is 1.72. The largest absolute Gasteiger partial charge is 0.748 e. The third kappa shape index (κ3) is 12.6. The van der Waals surface area contributed by atoms with Gasteiger partial charge >= 0.3 is 12.9 Å². The summed E-state index contributed by atoms with van der Waals surface area (Å²) >= 11 is 0. The van der Waals surface area contributed by atoms with Crippen molar-refractivity contribution in [3.05, 3.63) is 40.4 Å². The number of aromatic nitrogens is 1. The van der Waals surface area contributed by atoms with E-state index < -0.39 is 46.7 Å². The van der Waals surface area contributed by atoms with Crippen LogP contribution in [0, 0.1) is 6.92 Å². The minimum atomic E-state index is -4.90. The lowest BCUT2D eigenvalue weighted by Gasteiger charge is -2.31. The first-order chi connectivity index (χ1) is 24.2. The van der Waals surface area contributed by atoms with Gasteiger partial charge in [-0.1, -0.05) is 13.3 Å². The minimum Gasteiger partial charge on any atom is -0.748 e. The molecule has 2 aliphatic rings. The molecule has 52 heavy (non-hydrogen) atoms. The molecule has 3 heterocycles. The van der Waals surface area contributed by atoms with E-state index in [2.05, 4.69) is 31.8 Å². The summed E-state index contributed by atoms with van der Waals surface area (Å²) in [6.45, 7) is 1.65. The van der Waals surface area contributed by atoms with Gasteiger partial charge in [-0.25, -0.2) is 8.42 Å². The van der Waals surface area contributed by atoms with Gasteiger partial charge in [0.05, 0.1) is 70.2 Å². The summed E-state index contributed by atoms with van der Waals surface area (Å²) in [5.41, 5.74) is 3.28. The number of amides is 2. The highest BCUT2D eigenvalue weighted by Gasteiger charge is 2.54. The smallest absolute Gasteiger partial charge is 0.737 e. The third-order valence-corrected chi connectivity index (χ3v) is 10.3. The van der Waals surface area contributed by atoms with Crippen LogP contribution >= 0.6 is 0 Å². The second kappa shape index (κ2) is 18.6. The molecule has 2 atom stereocenters. The quantitative estimate of drug-likeness (QED) is 0.0572. The van der Waals surface area contributed by atoms with E-state index in [-0.39, 0.29) is 31.5 Å². The molecule has 0 saturated carbocycles. The Labute approximate surface area is 307 Å². The number of fused-ring (bicyclic) bond motifs is 2. The van der Waals surface area contributed by atoms with Crippen LogP contribution < -0.4 is 15.5 Å². The van der Waals surface area contributed by atoms with Crippen LogP contribution in [0.5, 0.6) is 0 Å². The van der Waals surface area contributed by atoms with Crippen LogP contribution in [0.25, 0.3) is 6.08 Å². The highest BCUT2D eigenvalue weighted by atomic mass is 32.2. The molecule has 292 valence electrons. The Morgan fingerprint density at radius 3 is 2.38 bits per heavy atom. The van der Waals surface area contributed by atoms with Crippen molar-refractivity contribution < 1.29 is 55.0 Å². The lowest BCUT2D eigenvalue weighted by molar-refractivity contribution is -0.878. The SMILES string of the molecule is CCCCC1=CC(CCC(=O)NC(CS(=O)(=O)[O-])C(=O)NCC[NH+](C)CCCCCC(=O)O)=[N+]2C1=Cc1c(CCC[N+](C)(C)C)cc(C)n1[B-]2(F)F. The molecule has 1 aromatic rings. The summed E-state index contributed by atoms with van der Waals surface area (Å²) in [6.07, 6.45) is 9.14. The fraction of sp³-hybridized carbons (Fsp3) is 0.657. The number of aliphatic carboxylic acids is 1. The van der Waals surface area contributed by atoms with Gasteiger partial charge < -0.3 is 47.3 Å². The summed E-state index contributed by atoms with van der Waals surface area (Å²) in [4.78, 5) is 37.7. The van der Waals surface area contributed by atoms with Gasteiger partial charge in [0.25, 0.3) is 0 Å². The maximum atomic E-state index is 16.6. The van der Waals surface area contributed by atoms with E-state index >= 15 is 8.63 Å². The molecule has 2 unspecified atom stereocenters. The highest BCUT2D eigenvalue weighted by molar-refractivity contribution is 7.85. The van der Waals surface area contributed by atoms with Gasteiger partial charge in [0.2, 0.25) is 11.8 Å². The number of carbonyl (C=O) groups is 3. The monoisotopic (exact) mass is 755 g/mol.